The minimum Gasteiger partial charge on any atom is -0.261 e. The van der Waals surface area contributed by atoms with E-state index in [0.29, 0.717) is 0 Å². The van der Waals surface area contributed by atoms with Crippen molar-refractivity contribution in [1.82, 2.24) is 4.68 Å². The van der Waals surface area contributed by atoms with Gasteiger partial charge in [0.05, 0.1) is 16.8 Å². The lowest BCUT2D eigenvalue weighted by molar-refractivity contribution is 0.850. The van der Waals surface area contributed by atoms with E-state index in [1.54, 1.807) is 29.7 Å². The second kappa shape index (κ2) is 6.85. The fourth-order valence-electron chi connectivity index (χ4n) is 2.12. The molecular weight excluding hydrogens is 310 g/mol. The van der Waals surface area contributed by atoms with Crippen LogP contribution in [0.25, 0.3) is 10.6 Å². The number of hydrogen-bond donors (Lipinski definition) is 0. The minimum absolute atomic E-state index is 0.893. The minimum atomic E-state index is 0.893. The SMILES string of the molecule is CCc1ccc(C=Nn2c(-c3cccs3)csc2=NC)cc1. The van der Waals surface area contributed by atoms with Gasteiger partial charge in [0.2, 0.25) is 4.80 Å². The molecule has 0 aliphatic rings. The maximum Gasteiger partial charge on any atom is 0.205 e. The fourth-order valence-corrected chi connectivity index (χ4v) is 3.72. The van der Waals surface area contributed by atoms with Crippen LogP contribution in [0.1, 0.15) is 18.1 Å². The van der Waals surface area contributed by atoms with Gasteiger partial charge in [-0.05, 0) is 29.0 Å². The van der Waals surface area contributed by atoms with Gasteiger partial charge in [0.15, 0.2) is 0 Å². The molecule has 2 aromatic heterocycles. The Morgan fingerprint density at radius 3 is 2.59 bits per heavy atom. The van der Waals surface area contributed by atoms with Gasteiger partial charge in [-0.1, -0.05) is 37.3 Å². The lowest BCUT2D eigenvalue weighted by atomic mass is 10.1. The van der Waals surface area contributed by atoms with Crippen molar-refractivity contribution in [2.24, 2.45) is 10.1 Å². The summed E-state index contributed by atoms with van der Waals surface area (Å²) in [5, 5.41) is 8.81. The summed E-state index contributed by atoms with van der Waals surface area (Å²) in [6, 6.07) is 12.6. The smallest absolute Gasteiger partial charge is 0.205 e. The lowest BCUT2D eigenvalue weighted by Crippen LogP contribution is -2.11. The number of aromatic nitrogens is 1. The average Bonchev–Trinajstić information content (AvgIpc) is 3.22. The number of thiazole rings is 1. The highest BCUT2D eigenvalue weighted by Gasteiger charge is 2.07. The molecule has 0 unspecified atom stereocenters. The molecule has 112 valence electrons. The van der Waals surface area contributed by atoms with Crippen molar-refractivity contribution in [3.05, 3.63) is 63.1 Å². The number of hydrogen-bond acceptors (Lipinski definition) is 4. The maximum absolute atomic E-state index is 4.63. The molecule has 0 N–H and O–H groups in total. The summed E-state index contributed by atoms with van der Waals surface area (Å²) < 4.78 is 1.91. The zero-order valence-electron chi connectivity index (χ0n) is 12.6. The third-order valence-electron chi connectivity index (χ3n) is 3.36. The van der Waals surface area contributed by atoms with E-state index >= 15 is 0 Å². The molecule has 0 atom stereocenters. The number of benzene rings is 1. The Morgan fingerprint density at radius 1 is 1.14 bits per heavy atom. The molecule has 0 bridgehead atoms. The van der Waals surface area contributed by atoms with Crippen molar-refractivity contribution >= 4 is 28.9 Å². The first-order chi connectivity index (χ1) is 10.8. The normalized spacial score (nSPS) is 12.4. The van der Waals surface area contributed by atoms with Gasteiger partial charge >= 0.3 is 0 Å². The van der Waals surface area contributed by atoms with Gasteiger partial charge in [0.25, 0.3) is 0 Å². The highest BCUT2D eigenvalue weighted by atomic mass is 32.1. The van der Waals surface area contributed by atoms with Gasteiger partial charge < -0.3 is 0 Å². The van der Waals surface area contributed by atoms with Crippen LogP contribution in [0, 0.1) is 0 Å². The zero-order valence-corrected chi connectivity index (χ0v) is 14.2. The molecule has 0 aliphatic heterocycles. The largest absolute Gasteiger partial charge is 0.261 e. The summed E-state index contributed by atoms with van der Waals surface area (Å²) in [5.41, 5.74) is 3.51. The molecule has 0 saturated carbocycles. The Bertz CT molecular complexity index is 822. The van der Waals surface area contributed by atoms with Crippen LogP contribution in [0.4, 0.5) is 0 Å². The van der Waals surface area contributed by atoms with Crippen LogP contribution in [-0.2, 0) is 6.42 Å². The predicted molar refractivity (Wildman–Crippen MR) is 95.9 cm³/mol. The standard InChI is InChI=1S/C17H17N3S2/c1-3-13-6-8-14(9-7-13)11-19-20-15(12-22-17(20)18-2)16-5-4-10-21-16/h4-12H,3H2,1-2H3. The van der Waals surface area contributed by atoms with Crippen LogP contribution >= 0.6 is 22.7 Å². The van der Waals surface area contributed by atoms with Crippen LogP contribution in [-0.4, -0.2) is 17.9 Å². The molecule has 3 aromatic rings. The fraction of sp³-hybridized carbons (Fsp3) is 0.176. The van der Waals surface area contributed by atoms with E-state index < -0.39 is 0 Å². The summed E-state index contributed by atoms with van der Waals surface area (Å²) in [5.74, 6) is 0. The second-order valence-electron chi connectivity index (χ2n) is 4.76. The second-order valence-corrected chi connectivity index (χ2v) is 6.54. The molecule has 2 heterocycles. The van der Waals surface area contributed by atoms with E-state index in [9.17, 15) is 0 Å². The molecule has 0 spiro atoms. The van der Waals surface area contributed by atoms with Crippen LogP contribution in [0.15, 0.2) is 57.3 Å². The Morgan fingerprint density at radius 2 is 1.95 bits per heavy atom. The first kappa shape index (κ1) is 14.9. The van der Waals surface area contributed by atoms with E-state index in [1.165, 1.54) is 10.4 Å². The van der Waals surface area contributed by atoms with Gasteiger partial charge in [0.1, 0.15) is 0 Å². The van der Waals surface area contributed by atoms with Crippen molar-refractivity contribution in [3.63, 3.8) is 0 Å². The summed E-state index contributed by atoms with van der Waals surface area (Å²) in [6.07, 6.45) is 2.94. The number of nitrogens with zero attached hydrogens (tertiary/aromatic N) is 3. The molecule has 0 saturated heterocycles. The van der Waals surface area contributed by atoms with Crippen LogP contribution in [0.2, 0.25) is 0 Å². The average molecular weight is 327 g/mol. The predicted octanol–water partition coefficient (Wildman–Crippen LogP) is 4.25. The van der Waals surface area contributed by atoms with E-state index in [-0.39, 0.29) is 0 Å². The van der Waals surface area contributed by atoms with Gasteiger partial charge in [-0.3, -0.25) is 4.99 Å². The number of thiophene rings is 1. The van der Waals surface area contributed by atoms with E-state index in [0.717, 1.165) is 22.5 Å². The highest BCUT2D eigenvalue weighted by Crippen LogP contribution is 2.24. The van der Waals surface area contributed by atoms with E-state index in [2.05, 4.69) is 64.2 Å². The summed E-state index contributed by atoms with van der Waals surface area (Å²) in [4.78, 5) is 6.41. The van der Waals surface area contributed by atoms with Gasteiger partial charge in [-0.25, -0.2) is 4.68 Å². The number of rotatable bonds is 4. The molecule has 5 heteroatoms. The molecule has 0 amide bonds. The van der Waals surface area contributed by atoms with Crippen LogP contribution in [0.3, 0.4) is 0 Å². The van der Waals surface area contributed by atoms with Crippen molar-refractivity contribution in [2.45, 2.75) is 13.3 Å². The quantitative estimate of drug-likeness (QED) is 0.641. The maximum atomic E-state index is 4.63. The van der Waals surface area contributed by atoms with Crippen molar-refractivity contribution < 1.29 is 0 Å². The Hall–Kier alpha value is -1.98. The molecule has 0 fully saturated rings. The van der Waals surface area contributed by atoms with Crippen LogP contribution in [0.5, 0.6) is 0 Å². The molecule has 0 radical (unpaired) electrons. The van der Waals surface area contributed by atoms with Gasteiger partial charge in [-0.2, -0.15) is 5.10 Å². The Labute approximate surface area is 137 Å². The highest BCUT2D eigenvalue weighted by molar-refractivity contribution is 7.14. The van der Waals surface area contributed by atoms with Gasteiger partial charge in [-0.15, -0.1) is 22.7 Å². The molecular formula is C17H17N3S2. The molecule has 0 aliphatic carbocycles. The monoisotopic (exact) mass is 327 g/mol. The molecule has 3 nitrogen and oxygen atoms in total. The molecule has 3 rings (SSSR count). The van der Waals surface area contributed by atoms with Crippen molar-refractivity contribution in [2.75, 3.05) is 7.05 Å². The van der Waals surface area contributed by atoms with Crippen molar-refractivity contribution in [1.29, 1.82) is 0 Å². The first-order valence-corrected chi connectivity index (χ1v) is 8.88. The van der Waals surface area contributed by atoms with Crippen molar-refractivity contribution in [3.8, 4) is 10.6 Å². The number of aryl methyl sites for hydroxylation is 1. The third kappa shape index (κ3) is 3.10. The topological polar surface area (TPSA) is 29.6 Å². The van der Waals surface area contributed by atoms with E-state index in [1.807, 2.05) is 10.9 Å². The van der Waals surface area contributed by atoms with Gasteiger partial charge in [0, 0.05) is 12.4 Å². The summed E-state index contributed by atoms with van der Waals surface area (Å²) in [7, 11) is 1.80. The van der Waals surface area contributed by atoms with E-state index in [4.69, 9.17) is 0 Å². The lowest BCUT2D eigenvalue weighted by Gasteiger charge is -2.01. The summed E-state index contributed by atoms with van der Waals surface area (Å²) in [6.45, 7) is 2.16. The molecule has 22 heavy (non-hydrogen) atoms. The zero-order chi connectivity index (χ0) is 15.4. The first-order valence-electron chi connectivity index (χ1n) is 7.12. The van der Waals surface area contributed by atoms with Crippen LogP contribution < -0.4 is 4.80 Å². The Kier molecular flexibility index (Phi) is 4.65. The summed E-state index contributed by atoms with van der Waals surface area (Å²) >= 11 is 3.32. The Balaban J connectivity index is 1.97. The molecule has 1 aromatic carbocycles. The third-order valence-corrected chi connectivity index (χ3v) is 5.16.